The Hall–Kier alpha value is -1.42. The molecule has 0 atom stereocenters. The Morgan fingerprint density at radius 3 is 2.72 bits per heavy atom. The highest BCUT2D eigenvalue weighted by Crippen LogP contribution is 2.20. The van der Waals surface area contributed by atoms with Gasteiger partial charge in [-0.25, -0.2) is 9.18 Å². The fraction of sp³-hybridized carbons (Fsp3) is 0.500. The summed E-state index contributed by atoms with van der Waals surface area (Å²) in [4.78, 5) is 13.0. The van der Waals surface area contributed by atoms with Crippen molar-refractivity contribution in [2.45, 2.75) is 26.3 Å². The molecule has 0 aliphatic carbocycles. The van der Waals surface area contributed by atoms with Crippen molar-refractivity contribution in [3.63, 3.8) is 0 Å². The van der Waals surface area contributed by atoms with Gasteiger partial charge in [-0.1, -0.05) is 6.92 Å². The molecule has 3 nitrogen and oxygen atoms in total. The van der Waals surface area contributed by atoms with E-state index in [0.717, 1.165) is 31.8 Å². The molecule has 2 rings (SSSR count). The zero-order chi connectivity index (χ0) is 13.1. The van der Waals surface area contributed by atoms with E-state index in [4.69, 9.17) is 5.11 Å². The van der Waals surface area contributed by atoms with Crippen LogP contribution < -0.4 is 0 Å². The SMILES string of the molecule is CC1CCN(Cc2cc(C(=O)O)ccc2F)CC1. The molecule has 1 aliphatic heterocycles. The van der Waals surface area contributed by atoms with Gasteiger partial charge >= 0.3 is 5.97 Å². The minimum atomic E-state index is -1.01. The van der Waals surface area contributed by atoms with Crippen molar-refractivity contribution in [3.05, 3.63) is 35.1 Å². The molecule has 0 bridgehead atoms. The van der Waals surface area contributed by atoms with E-state index >= 15 is 0 Å². The van der Waals surface area contributed by atoms with Crippen LogP contribution in [0.1, 0.15) is 35.7 Å². The molecule has 1 saturated heterocycles. The maximum Gasteiger partial charge on any atom is 0.335 e. The molecule has 0 unspecified atom stereocenters. The van der Waals surface area contributed by atoms with E-state index in [1.54, 1.807) is 0 Å². The third kappa shape index (κ3) is 3.07. The zero-order valence-electron chi connectivity index (χ0n) is 10.5. The number of carbonyl (C=O) groups is 1. The van der Waals surface area contributed by atoms with Crippen LogP contribution in [0.15, 0.2) is 18.2 Å². The molecule has 1 N–H and O–H groups in total. The first-order valence-electron chi connectivity index (χ1n) is 6.30. The lowest BCUT2D eigenvalue weighted by atomic mass is 9.98. The Labute approximate surface area is 106 Å². The molecular formula is C14H18FNO2. The van der Waals surface area contributed by atoms with Gasteiger partial charge in [0.2, 0.25) is 0 Å². The summed E-state index contributed by atoms with van der Waals surface area (Å²) in [6, 6.07) is 3.99. The smallest absolute Gasteiger partial charge is 0.335 e. The number of hydrogen-bond acceptors (Lipinski definition) is 2. The van der Waals surface area contributed by atoms with Crippen molar-refractivity contribution in [3.8, 4) is 0 Å². The Morgan fingerprint density at radius 2 is 2.11 bits per heavy atom. The van der Waals surface area contributed by atoms with Crippen LogP contribution in [-0.4, -0.2) is 29.1 Å². The lowest BCUT2D eigenvalue weighted by Crippen LogP contribution is -2.32. The average molecular weight is 251 g/mol. The van der Waals surface area contributed by atoms with Gasteiger partial charge in [0, 0.05) is 12.1 Å². The number of rotatable bonds is 3. The molecule has 4 heteroatoms. The van der Waals surface area contributed by atoms with Gasteiger partial charge in [0.25, 0.3) is 0 Å². The molecular weight excluding hydrogens is 233 g/mol. The Morgan fingerprint density at radius 1 is 1.44 bits per heavy atom. The van der Waals surface area contributed by atoms with Crippen LogP contribution in [0, 0.1) is 11.7 Å². The maximum absolute atomic E-state index is 13.6. The fourth-order valence-corrected chi connectivity index (χ4v) is 2.29. The number of hydrogen-bond donors (Lipinski definition) is 1. The van der Waals surface area contributed by atoms with E-state index in [-0.39, 0.29) is 11.4 Å². The van der Waals surface area contributed by atoms with E-state index in [1.165, 1.54) is 18.2 Å². The summed E-state index contributed by atoms with van der Waals surface area (Å²) < 4.78 is 13.6. The van der Waals surface area contributed by atoms with E-state index in [9.17, 15) is 9.18 Å². The normalized spacial score (nSPS) is 17.9. The lowest BCUT2D eigenvalue weighted by Gasteiger charge is -2.30. The summed E-state index contributed by atoms with van der Waals surface area (Å²) in [5.41, 5.74) is 0.626. The van der Waals surface area contributed by atoms with E-state index in [1.807, 2.05) is 0 Å². The van der Waals surface area contributed by atoms with Gasteiger partial charge in [0.15, 0.2) is 0 Å². The summed E-state index contributed by atoms with van der Waals surface area (Å²) in [6.45, 7) is 4.64. The molecule has 1 fully saturated rings. The average Bonchev–Trinajstić information content (AvgIpc) is 2.34. The Bertz CT molecular complexity index is 439. The first-order chi connectivity index (χ1) is 8.56. The number of carboxylic acids is 1. The van der Waals surface area contributed by atoms with Crippen molar-refractivity contribution in [1.29, 1.82) is 0 Å². The molecule has 1 aromatic carbocycles. The minimum Gasteiger partial charge on any atom is -0.478 e. The zero-order valence-corrected chi connectivity index (χ0v) is 10.5. The Kier molecular flexibility index (Phi) is 3.97. The first-order valence-corrected chi connectivity index (χ1v) is 6.30. The number of benzene rings is 1. The molecule has 1 aromatic rings. The second-order valence-corrected chi connectivity index (χ2v) is 5.07. The van der Waals surface area contributed by atoms with Gasteiger partial charge < -0.3 is 5.11 Å². The first kappa shape index (κ1) is 13.0. The van der Waals surface area contributed by atoms with Crippen molar-refractivity contribution in [1.82, 2.24) is 4.90 Å². The summed E-state index contributed by atoms with van der Waals surface area (Å²) in [7, 11) is 0. The largest absolute Gasteiger partial charge is 0.478 e. The van der Waals surface area contributed by atoms with Gasteiger partial charge in [0.05, 0.1) is 5.56 Å². The quantitative estimate of drug-likeness (QED) is 0.898. The minimum absolute atomic E-state index is 0.150. The number of aromatic carboxylic acids is 1. The number of piperidine rings is 1. The molecule has 0 radical (unpaired) electrons. The molecule has 0 saturated carbocycles. The molecule has 0 aromatic heterocycles. The van der Waals surface area contributed by atoms with Gasteiger partial charge in [-0.2, -0.15) is 0 Å². The van der Waals surface area contributed by atoms with Crippen molar-refractivity contribution in [2.75, 3.05) is 13.1 Å². The predicted molar refractivity (Wildman–Crippen MR) is 67.0 cm³/mol. The molecule has 1 aliphatic rings. The summed E-state index contributed by atoms with van der Waals surface area (Å²) in [5.74, 6) is -0.599. The number of halogens is 1. The molecule has 1 heterocycles. The van der Waals surface area contributed by atoms with Crippen LogP contribution >= 0.6 is 0 Å². The second-order valence-electron chi connectivity index (χ2n) is 5.07. The van der Waals surface area contributed by atoms with Crippen LogP contribution in [0.5, 0.6) is 0 Å². The van der Waals surface area contributed by atoms with Crippen LogP contribution in [0.25, 0.3) is 0 Å². The van der Waals surface area contributed by atoms with Gasteiger partial charge in [-0.3, -0.25) is 4.90 Å². The third-order valence-electron chi connectivity index (χ3n) is 3.56. The maximum atomic E-state index is 13.6. The summed E-state index contributed by atoms with van der Waals surface area (Å²) in [6.07, 6.45) is 2.25. The molecule has 98 valence electrons. The Balaban J connectivity index is 2.08. The van der Waals surface area contributed by atoms with E-state index in [2.05, 4.69) is 11.8 Å². The molecule has 0 amide bonds. The van der Waals surface area contributed by atoms with Crippen LogP contribution in [-0.2, 0) is 6.54 Å². The van der Waals surface area contributed by atoms with Crippen LogP contribution in [0.3, 0.4) is 0 Å². The van der Waals surface area contributed by atoms with Crippen LogP contribution in [0.2, 0.25) is 0 Å². The molecule has 18 heavy (non-hydrogen) atoms. The van der Waals surface area contributed by atoms with Gasteiger partial charge in [-0.15, -0.1) is 0 Å². The van der Waals surface area contributed by atoms with E-state index in [0.29, 0.717) is 12.1 Å². The van der Waals surface area contributed by atoms with Gasteiger partial charge in [-0.05, 0) is 50.0 Å². The number of likely N-dealkylation sites (tertiary alicyclic amines) is 1. The highest BCUT2D eigenvalue weighted by atomic mass is 19.1. The number of carboxylic acid groups (broad SMARTS) is 1. The van der Waals surface area contributed by atoms with Crippen molar-refractivity contribution < 1.29 is 14.3 Å². The van der Waals surface area contributed by atoms with Crippen LogP contribution in [0.4, 0.5) is 4.39 Å². The van der Waals surface area contributed by atoms with Crippen molar-refractivity contribution in [2.24, 2.45) is 5.92 Å². The monoisotopic (exact) mass is 251 g/mol. The predicted octanol–water partition coefficient (Wildman–Crippen LogP) is 2.76. The molecule has 0 spiro atoms. The standard InChI is InChI=1S/C14H18FNO2/c1-10-4-6-16(7-5-10)9-12-8-11(14(17)18)2-3-13(12)15/h2-3,8,10H,4-7,9H2,1H3,(H,17,18). The second kappa shape index (κ2) is 5.48. The van der Waals surface area contributed by atoms with Gasteiger partial charge in [0.1, 0.15) is 5.82 Å². The summed E-state index contributed by atoms with van der Waals surface area (Å²) in [5, 5.41) is 8.90. The summed E-state index contributed by atoms with van der Waals surface area (Å²) >= 11 is 0. The van der Waals surface area contributed by atoms with E-state index < -0.39 is 5.97 Å². The highest BCUT2D eigenvalue weighted by Gasteiger charge is 2.17. The highest BCUT2D eigenvalue weighted by molar-refractivity contribution is 5.87. The fourth-order valence-electron chi connectivity index (χ4n) is 2.29. The number of nitrogens with zero attached hydrogens (tertiary/aromatic N) is 1. The van der Waals surface area contributed by atoms with Crippen molar-refractivity contribution >= 4 is 5.97 Å². The topological polar surface area (TPSA) is 40.5 Å². The lowest BCUT2D eigenvalue weighted by molar-refractivity contribution is 0.0696. The third-order valence-corrected chi connectivity index (χ3v) is 3.56.